The third kappa shape index (κ3) is 2.87. The van der Waals surface area contributed by atoms with E-state index in [2.05, 4.69) is 29.1 Å². The summed E-state index contributed by atoms with van der Waals surface area (Å²) in [6.45, 7) is 6.53. The van der Waals surface area contributed by atoms with E-state index in [1.807, 2.05) is 11.8 Å². The summed E-state index contributed by atoms with van der Waals surface area (Å²) in [5, 5.41) is 7.76. The molecule has 2 saturated heterocycles. The second-order valence-corrected chi connectivity index (χ2v) is 7.11. The van der Waals surface area contributed by atoms with E-state index < -0.39 is 5.54 Å². The monoisotopic (exact) mass is 308 g/mol. The number of ether oxygens (including phenoxy) is 1. The van der Waals surface area contributed by atoms with E-state index in [-0.39, 0.29) is 12.1 Å². The molecule has 1 aromatic heterocycles. The van der Waals surface area contributed by atoms with Gasteiger partial charge in [-0.3, -0.25) is 10.1 Å². The van der Waals surface area contributed by atoms with Gasteiger partial charge in [-0.15, -0.1) is 0 Å². The van der Waals surface area contributed by atoms with Crippen molar-refractivity contribution in [1.29, 1.82) is 0 Å². The first kappa shape index (κ1) is 15.0. The van der Waals surface area contributed by atoms with Gasteiger partial charge in [-0.05, 0) is 48.6 Å². The summed E-state index contributed by atoms with van der Waals surface area (Å²) in [5.74, 6) is 0.691. The Labute approximate surface area is 130 Å². The highest BCUT2D eigenvalue weighted by Crippen LogP contribution is 2.34. The Balaban J connectivity index is 1.81. The molecule has 0 radical (unpaired) electrons. The van der Waals surface area contributed by atoms with Gasteiger partial charge in [-0.25, -0.2) is 0 Å². The lowest BCUT2D eigenvalue weighted by molar-refractivity contribution is -0.134. The predicted octanol–water partition coefficient (Wildman–Crippen LogP) is 2.77. The van der Waals surface area contributed by atoms with Crippen LogP contribution in [0.1, 0.15) is 44.8 Å². The van der Waals surface area contributed by atoms with Crippen molar-refractivity contribution < 1.29 is 9.53 Å². The maximum Gasteiger partial charge on any atom is 0.244 e. The van der Waals surface area contributed by atoms with Crippen molar-refractivity contribution in [2.75, 3.05) is 19.8 Å². The van der Waals surface area contributed by atoms with Crippen LogP contribution in [0.2, 0.25) is 0 Å². The Kier molecular flexibility index (Phi) is 4.33. The average molecular weight is 308 g/mol. The van der Waals surface area contributed by atoms with Gasteiger partial charge in [0, 0.05) is 19.1 Å². The van der Waals surface area contributed by atoms with Gasteiger partial charge in [0.1, 0.15) is 6.17 Å². The van der Waals surface area contributed by atoms with Crippen molar-refractivity contribution in [3.63, 3.8) is 0 Å². The van der Waals surface area contributed by atoms with Crippen molar-refractivity contribution in [2.24, 2.45) is 5.92 Å². The fourth-order valence-corrected chi connectivity index (χ4v) is 3.92. The number of thiophene rings is 1. The summed E-state index contributed by atoms with van der Waals surface area (Å²) in [7, 11) is 0. The largest absolute Gasteiger partial charge is 0.381 e. The highest BCUT2D eigenvalue weighted by Gasteiger charge is 2.47. The number of carbonyl (C=O) groups excluding carboxylic acids is 1. The molecule has 2 fully saturated rings. The lowest BCUT2D eigenvalue weighted by Gasteiger charge is -2.30. The summed E-state index contributed by atoms with van der Waals surface area (Å²) in [4.78, 5) is 14.9. The Bertz CT molecular complexity index is 484. The first-order chi connectivity index (χ1) is 10.1. The molecule has 0 aromatic carbocycles. The quantitative estimate of drug-likeness (QED) is 0.930. The molecular weight excluding hydrogens is 284 g/mol. The fourth-order valence-electron chi connectivity index (χ4n) is 3.24. The number of nitrogens with one attached hydrogen (secondary N) is 1. The molecule has 2 aliphatic heterocycles. The van der Waals surface area contributed by atoms with Crippen LogP contribution in [0.4, 0.5) is 0 Å². The van der Waals surface area contributed by atoms with E-state index in [4.69, 9.17) is 4.74 Å². The van der Waals surface area contributed by atoms with E-state index in [1.165, 1.54) is 5.56 Å². The van der Waals surface area contributed by atoms with Gasteiger partial charge >= 0.3 is 0 Å². The molecule has 0 aliphatic carbocycles. The molecular formula is C16H24N2O2S. The summed E-state index contributed by atoms with van der Waals surface area (Å²) in [6, 6.07) is 2.11. The number of hydrogen-bond acceptors (Lipinski definition) is 4. The first-order valence-electron chi connectivity index (χ1n) is 7.82. The Morgan fingerprint density at radius 1 is 1.57 bits per heavy atom. The highest BCUT2D eigenvalue weighted by molar-refractivity contribution is 7.07. The summed E-state index contributed by atoms with van der Waals surface area (Å²) in [6.07, 6.45) is 3.08. The van der Waals surface area contributed by atoms with E-state index in [9.17, 15) is 4.79 Å². The van der Waals surface area contributed by atoms with Crippen LogP contribution >= 0.6 is 11.3 Å². The standard InChI is InChI=1S/C16H24N2O2S/c1-3-16(2)15(19)18(9-12-5-4-7-20-10-12)14(17-16)13-6-8-21-11-13/h6,8,11-12,14,17H,3-5,7,9-10H2,1-2H3. The van der Waals surface area contributed by atoms with Crippen LogP contribution in [0.5, 0.6) is 0 Å². The molecule has 3 heterocycles. The SMILES string of the molecule is CCC1(C)NC(c2ccsc2)N(CC2CCCOC2)C1=O. The van der Waals surface area contributed by atoms with Crippen LogP contribution in [-0.2, 0) is 9.53 Å². The second kappa shape index (κ2) is 6.07. The van der Waals surface area contributed by atoms with E-state index in [0.717, 1.165) is 39.0 Å². The predicted molar refractivity (Wildman–Crippen MR) is 84.1 cm³/mol. The number of amides is 1. The van der Waals surface area contributed by atoms with E-state index in [0.29, 0.717) is 5.92 Å². The Morgan fingerprint density at radius 3 is 3.05 bits per heavy atom. The van der Waals surface area contributed by atoms with Crippen LogP contribution in [0.15, 0.2) is 16.8 Å². The third-order valence-corrected chi connectivity index (χ3v) is 5.48. The van der Waals surface area contributed by atoms with Crippen LogP contribution in [-0.4, -0.2) is 36.1 Å². The minimum Gasteiger partial charge on any atom is -0.381 e. The fraction of sp³-hybridized carbons (Fsp3) is 0.688. The summed E-state index contributed by atoms with van der Waals surface area (Å²) in [5.41, 5.74) is 0.754. The molecule has 3 atom stereocenters. The van der Waals surface area contributed by atoms with Gasteiger partial charge in [0.05, 0.1) is 12.1 Å². The molecule has 21 heavy (non-hydrogen) atoms. The second-order valence-electron chi connectivity index (χ2n) is 6.33. The Hall–Kier alpha value is -0.910. The zero-order chi connectivity index (χ0) is 14.9. The highest BCUT2D eigenvalue weighted by atomic mass is 32.1. The molecule has 0 spiro atoms. The van der Waals surface area contributed by atoms with Gasteiger partial charge in [-0.1, -0.05) is 6.92 Å². The van der Waals surface area contributed by atoms with Crippen LogP contribution < -0.4 is 5.32 Å². The molecule has 116 valence electrons. The van der Waals surface area contributed by atoms with Crippen molar-refractivity contribution in [3.05, 3.63) is 22.4 Å². The minimum atomic E-state index is -0.442. The summed E-state index contributed by atoms with van der Waals surface area (Å²) >= 11 is 1.68. The van der Waals surface area contributed by atoms with Crippen LogP contribution in [0, 0.1) is 5.92 Å². The average Bonchev–Trinajstić information content (AvgIpc) is 3.11. The minimum absolute atomic E-state index is 0.00984. The van der Waals surface area contributed by atoms with Gasteiger partial charge in [0.2, 0.25) is 5.91 Å². The van der Waals surface area contributed by atoms with Gasteiger partial charge in [0.15, 0.2) is 0 Å². The topological polar surface area (TPSA) is 41.6 Å². The molecule has 0 saturated carbocycles. The molecule has 0 bridgehead atoms. The van der Waals surface area contributed by atoms with Gasteiger partial charge < -0.3 is 9.64 Å². The zero-order valence-corrected chi connectivity index (χ0v) is 13.6. The van der Waals surface area contributed by atoms with Crippen LogP contribution in [0.3, 0.4) is 0 Å². The smallest absolute Gasteiger partial charge is 0.244 e. The zero-order valence-electron chi connectivity index (χ0n) is 12.8. The number of nitrogens with zero attached hydrogens (tertiary/aromatic N) is 1. The Morgan fingerprint density at radius 2 is 2.43 bits per heavy atom. The molecule has 1 amide bonds. The first-order valence-corrected chi connectivity index (χ1v) is 8.77. The molecule has 3 rings (SSSR count). The number of rotatable bonds is 4. The van der Waals surface area contributed by atoms with Crippen molar-refractivity contribution in [2.45, 2.75) is 44.8 Å². The molecule has 1 N–H and O–H groups in total. The third-order valence-electron chi connectivity index (χ3n) is 4.78. The molecule has 4 nitrogen and oxygen atoms in total. The van der Waals surface area contributed by atoms with Crippen LogP contribution in [0.25, 0.3) is 0 Å². The molecule has 3 unspecified atom stereocenters. The van der Waals surface area contributed by atoms with Crippen molar-refractivity contribution >= 4 is 17.2 Å². The lowest BCUT2D eigenvalue weighted by atomic mass is 9.98. The van der Waals surface area contributed by atoms with E-state index in [1.54, 1.807) is 11.3 Å². The number of hydrogen-bond donors (Lipinski definition) is 1. The number of carbonyl (C=O) groups is 1. The van der Waals surface area contributed by atoms with Crippen molar-refractivity contribution in [1.82, 2.24) is 10.2 Å². The summed E-state index contributed by atoms with van der Waals surface area (Å²) < 4.78 is 5.58. The van der Waals surface area contributed by atoms with Gasteiger partial charge in [0.25, 0.3) is 0 Å². The normalized spacial score (nSPS) is 33.6. The molecule has 1 aromatic rings. The molecule has 5 heteroatoms. The maximum atomic E-state index is 12.9. The maximum absolute atomic E-state index is 12.9. The van der Waals surface area contributed by atoms with Crippen molar-refractivity contribution in [3.8, 4) is 0 Å². The van der Waals surface area contributed by atoms with Gasteiger partial charge in [-0.2, -0.15) is 11.3 Å². The lowest BCUT2D eigenvalue weighted by Crippen LogP contribution is -2.43. The van der Waals surface area contributed by atoms with E-state index >= 15 is 0 Å². The molecule has 2 aliphatic rings.